The molecule has 0 spiro atoms. The summed E-state index contributed by atoms with van der Waals surface area (Å²) >= 11 is 0. The fraction of sp³-hybridized carbons (Fsp3) is 0.333. The molecule has 0 aliphatic heterocycles. The van der Waals surface area contributed by atoms with Gasteiger partial charge in [0.25, 0.3) is 0 Å². The summed E-state index contributed by atoms with van der Waals surface area (Å²) in [6, 6.07) is 9.88. The molecule has 106 valence electrons. The highest BCUT2D eigenvalue weighted by Gasteiger charge is 2.09. The second-order valence-electron chi connectivity index (χ2n) is 4.87. The number of hydrogen-bond acceptors (Lipinski definition) is 5. The smallest absolute Gasteiger partial charge is 0.226 e. The van der Waals surface area contributed by atoms with Crippen LogP contribution >= 0.6 is 0 Å². The van der Waals surface area contributed by atoms with E-state index < -0.39 is 0 Å². The lowest BCUT2D eigenvalue weighted by Crippen LogP contribution is -2.24. The topological polar surface area (TPSA) is 58.3 Å². The van der Waals surface area contributed by atoms with Crippen molar-refractivity contribution in [1.29, 1.82) is 0 Å². The van der Waals surface area contributed by atoms with Crippen LogP contribution in [0.4, 0.5) is 17.5 Å². The van der Waals surface area contributed by atoms with Crippen LogP contribution in [0, 0.1) is 0 Å². The molecule has 0 bridgehead atoms. The maximum Gasteiger partial charge on any atom is 0.226 e. The summed E-state index contributed by atoms with van der Waals surface area (Å²) in [4.78, 5) is 12.9. The zero-order valence-electron chi connectivity index (χ0n) is 12.2. The summed E-state index contributed by atoms with van der Waals surface area (Å²) in [5.74, 6) is 1.65. The first kappa shape index (κ1) is 14.1. The maximum atomic E-state index is 5.71. The average Bonchev–Trinajstić information content (AvgIpc) is 2.46. The number of aromatic nitrogens is 2. The van der Waals surface area contributed by atoms with Gasteiger partial charge < -0.3 is 15.5 Å². The Labute approximate surface area is 120 Å². The highest BCUT2D eigenvalue weighted by molar-refractivity contribution is 5.45. The molecule has 2 N–H and O–H groups in total. The van der Waals surface area contributed by atoms with Gasteiger partial charge in [0.1, 0.15) is 5.82 Å². The third-order valence-electron chi connectivity index (χ3n) is 3.09. The van der Waals surface area contributed by atoms with Crippen molar-refractivity contribution in [1.82, 2.24) is 9.97 Å². The Kier molecular flexibility index (Phi) is 4.40. The Balaban J connectivity index is 2.19. The minimum atomic E-state index is 0.721. The van der Waals surface area contributed by atoms with E-state index in [1.54, 1.807) is 6.20 Å². The molecule has 20 heavy (non-hydrogen) atoms. The molecule has 2 aromatic rings. The molecule has 1 heterocycles. The molecule has 0 atom stereocenters. The Bertz CT molecular complexity index is 550. The Hall–Kier alpha value is -2.30. The lowest BCUT2D eigenvalue weighted by molar-refractivity contribution is 0.807. The van der Waals surface area contributed by atoms with Gasteiger partial charge in [0.2, 0.25) is 5.95 Å². The van der Waals surface area contributed by atoms with E-state index in [9.17, 15) is 0 Å². The lowest BCUT2D eigenvalue weighted by Gasteiger charge is -2.23. The van der Waals surface area contributed by atoms with Crippen LogP contribution in [0.5, 0.6) is 0 Å². The first-order valence-corrected chi connectivity index (χ1v) is 6.70. The monoisotopic (exact) mass is 271 g/mol. The van der Waals surface area contributed by atoms with Crippen molar-refractivity contribution in [2.24, 2.45) is 0 Å². The molecule has 5 heteroatoms. The predicted molar refractivity (Wildman–Crippen MR) is 83.9 cm³/mol. The van der Waals surface area contributed by atoms with Crippen LogP contribution < -0.4 is 15.5 Å². The average molecular weight is 271 g/mol. The molecule has 5 nitrogen and oxygen atoms in total. The van der Waals surface area contributed by atoms with Crippen molar-refractivity contribution >= 4 is 17.5 Å². The first-order chi connectivity index (χ1) is 9.60. The summed E-state index contributed by atoms with van der Waals surface area (Å²) < 4.78 is 0. The molecule has 0 fully saturated rings. The third-order valence-corrected chi connectivity index (χ3v) is 3.09. The molecular formula is C15H21N5. The van der Waals surface area contributed by atoms with Crippen molar-refractivity contribution in [2.45, 2.75) is 13.5 Å². The number of hydrogen-bond donors (Lipinski definition) is 1. The minimum absolute atomic E-state index is 0.721. The second-order valence-corrected chi connectivity index (χ2v) is 4.87. The van der Waals surface area contributed by atoms with Gasteiger partial charge in [-0.15, -0.1) is 0 Å². The quantitative estimate of drug-likeness (QED) is 0.844. The SMILES string of the molecule is CCN(Cc1ccc(N)cc1)c1ccnc(N(C)C)n1. The van der Waals surface area contributed by atoms with Crippen molar-refractivity contribution in [3.63, 3.8) is 0 Å². The standard InChI is InChI=1S/C15H21N5/c1-4-20(11-12-5-7-13(16)8-6-12)14-9-10-17-15(18-14)19(2)3/h5-10H,4,11,16H2,1-3H3. The maximum absolute atomic E-state index is 5.71. The van der Waals surface area contributed by atoms with Gasteiger partial charge in [-0.3, -0.25) is 0 Å². The zero-order valence-corrected chi connectivity index (χ0v) is 12.2. The Morgan fingerprint density at radius 2 is 1.80 bits per heavy atom. The van der Waals surface area contributed by atoms with E-state index in [2.05, 4.69) is 21.8 Å². The summed E-state index contributed by atoms with van der Waals surface area (Å²) in [5.41, 5.74) is 7.71. The number of nitrogens with two attached hydrogens (primary N) is 1. The molecular weight excluding hydrogens is 250 g/mol. The largest absolute Gasteiger partial charge is 0.399 e. The number of benzene rings is 1. The zero-order chi connectivity index (χ0) is 14.5. The molecule has 0 saturated carbocycles. The normalized spacial score (nSPS) is 10.3. The van der Waals surface area contributed by atoms with Crippen LogP contribution in [0.25, 0.3) is 0 Å². The van der Waals surface area contributed by atoms with Gasteiger partial charge >= 0.3 is 0 Å². The highest BCUT2D eigenvalue weighted by Crippen LogP contribution is 2.17. The van der Waals surface area contributed by atoms with Gasteiger partial charge in [0, 0.05) is 39.1 Å². The van der Waals surface area contributed by atoms with Gasteiger partial charge in [-0.2, -0.15) is 4.98 Å². The number of rotatable bonds is 5. The van der Waals surface area contributed by atoms with Gasteiger partial charge in [-0.05, 0) is 30.7 Å². The van der Waals surface area contributed by atoms with E-state index in [0.717, 1.165) is 30.5 Å². The Morgan fingerprint density at radius 3 is 2.40 bits per heavy atom. The molecule has 0 aliphatic rings. The fourth-order valence-electron chi connectivity index (χ4n) is 1.93. The summed E-state index contributed by atoms with van der Waals surface area (Å²) in [6.45, 7) is 3.81. The predicted octanol–water partition coefficient (Wildman–Crippen LogP) is 2.15. The van der Waals surface area contributed by atoms with E-state index >= 15 is 0 Å². The van der Waals surface area contributed by atoms with Gasteiger partial charge in [0.15, 0.2) is 0 Å². The van der Waals surface area contributed by atoms with E-state index in [0.29, 0.717) is 0 Å². The van der Waals surface area contributed by atoms with Crippen LogP contribution in [-0.4, -0.2) is 30.6 Å². The first-order valence-electron chi connectivity index (χ1n) is 6.70. The van der Waals surface area contributed by atoms with Crippen LogP contribution in [0.2, 0.25) is 0 Å². The molecule has 0 unspecified atom stereocenters. The number of anilines is 3. The summed E-state index contributed by atoms with van der Waals surface area (Å²) in [7, 11) is 3.88. The second kappa shape index (κ2) is 6.23. The molecule has 2 rings (SSSR count). The van der Waals surface area contributed by atoms with Crippen molar-refractivity contribution < 1.29 is 0 Å². The fourth-order valence-corrected chi connectivity index (χ4v) is 1.93. The van der Waals surface area contributed by atoms with Crippen molar-refractivity contribution in [3.8, 4) is 0 Å². The van der Waals surface area contributed by atoms with Gasteiger partial charge in [-0.1, -0.05) is 12.1 Å². The lowest BCUT2D eigenvalue weighted by atomic mass is 10.2. The van der Waals surface area contributed by atoms with Gasteiger partial charge in [0.05, 0.1) is 0 Å². The number of nitrogens with zero attached hydrogens (tertiary/aromatic N) is 4. The third kappa shape index (κ3) is 3.38. The summed E-state index contributed by atoms with van der Waals surface area (Å²) in [6.07, 6.45) is 1.79. The van der Waals surface area contributed by atoms with E-state index in [4.69, 9.17) is 5.73 Å². The molecule has 0 saturated heterocycles. The van der Waals surface area contributed by atoms with Gasteiger partial charge in [-0.25, -0.2) is 4.98 Å². The molecule has 0 amide bonds. The van der Waals surface area contributed by atoms with E-state index in [1.807, 2.05) is 49.3 Å². The summed E-state index contributed by atoms with van der Waals surface area (Å²) in [5, 5.41) is 0. The highest BCUT2D eigenvalue weighted by atomic mass is 15.3. The van der Waals surface area contributed by atoms with E-state index in [-0.39, 0.29) is 0 Å². The number of nitrogen functional groups attached to an aromatic ring is 1. The van der Waals surface area contributed by atoms with Crippen LogP contribution in [-0.2, 0) is 6.54 Å². The van der Waals surface area contributed by atoms with E-state index in [1.165, 1.54) is 5.56 Å². The van der Waals surface area contributed by atoms with Crippen molar-refractivity contribution in [3.05, 3.63) is 42.1 Å². The molecule has 0 radical (unpaired) electrons. The molecule has 0 aliphatic carbocycles. The molecule has 1 aromatic carbocycles. The van der Waals surface area contributed by atoms with Crippen LogP contribution in [0.3, 0.4) is 0 Å². The Morgan fingerprint density at radius 1 is 1.10 bits per heavy atom. The van der Waals surface area contributed by atoms with Crippen LogP contribution in [0.1, 0.15) is 12.5 Å². The molecule has 1 aromatic heterocycles. The minimum Gasteiger partial charge on any atom is -0.399 e. The van der Waals surface area contributed by atoms with Crippen molar-refractivity contribution in [2.75, 3.05) is 36.2 Å². The van der Waals surface area contributed by atoms with Crippen LogP contribution in [0.15, 0.2) is 36.5 Å².